The van der Waals surface area contributed by atoms with E-state index in [-0.39, 0.29) is 12.2 Å². The molecule has 1 saturated carbocycles. The van der Waals surface area contributed by atoms with Gasteiger partial charge in [-0.25, -0.2) is 0 Å². The Labute approximate surface area is 130 Å². The van der Waals surface area contributed by atoms with E-state index in [9.17, 15) is 4.79 Å². The second kappa shape index (κ2) is 6.68. The summed E-state index contributed by atoms with van der Waals surface area (Å²) >= 11 is 0. The van der Waals surface area contributed by atoms with Crippen molar-refractivity contribution in [1.82, 2.24) is 10.2 Å². The normalized spacial score (nSPS) is 30.4. The van der Waals surface area contributed by atoms with Gasteiger partial charge in [0.1, 0.15) is 0 Å². The summed E-state index contributed by atoms with van der Waals surface area (Å²) in [5.41, 5.74) is 0.379. The zero-order chi connectivity index (χ0) is 15.6. The molecule has 3 unspecified atom stereocenters. The molecule has 21 heavy (non-hydrogen) atoms. The Bertz CT molecular complexity index is 360. The molecular formula is C18H34N2O. The van der Waals surface area contributed by atoms with Gasteiger partial charge in [0.15, 0.2) is 0 Å². The van der Waals surface area contributed by atoms with E-state index in [2.05, 4.69) is 44.8 Å². The molecule has 1 saturated heterocycles. The van der Waals surface area contributed by atoms with Crippen molar-refractivity contribution in [2.45, 2.75) is 85.4 Å². The summed E-state index contributed by atoms with van der Waals surface area (Å²) in [5.74, 6) is 1.48. The summed E-state index contributed by atoms with van der Waals surface area (Å²) in [6, 6.07) is 0.0301. The van der Waals surface area contributed by atoms with E-state index in [0.717, 1.165) is 18.9 Å². The lowest BCUT2D eigenvalue weighted by atomic mass is 9.78. The number of hydrogen-bond donors (Lipinski definition) is 1. The topological polar surface area (TPSA) is 32.3 Å². The van der Waals surface area contributed by atoms with Crippen molar-refractivity contribution in [3.8, 4) is 0 Å². The van der Waals surface area contributed by atoms with Gasteiger partial charge in [0, 0.05) is 6.54 Å². The van der Waals surface area contributed by atoms with E-state index in [1.54, 1.807) is 0 Å². The predicted octanol–water partition coefficient (Wildman–Crippen LogP) is 3.79. The van der Waals surface area contributed by atoms with E-state index in [4.69, 9.17) is 0 Å². The number of nitrogens with one attached hydrogen (secondary N) is 1. The Morgan fingerprint density at radius 1 is 1.29 bits per heavy atom. The first-order valence-corrected chi connectivity index (χ1v) is 8.95. The molecule has 0 radical (unpaired) electrons. The first-order valence-electron chi connectivity index (χ1n) is 8.95. The summed E-state index contributed by atoms with van der Waals surface area (Å²) < 4.78 is 0. The second-order valence-corrected chi connectivity index (χ2v) is 7.98. The molecule has 1 N–H and O–H groups in total. The van der Waals surface area contributed by atoms with Gasteiger partial charge in [0.05, 0.1) is 12.2 Å². The fourth-order valence-corrected chi connectivity index (χ4v) is 4.43. The number of carbonyl (C=O) groups is 1. The van der Waals surface area contributed by atoms with Crippen LogP contribution in [0.1, 0.15) is 73.1 Å². The van der Waals surface area contributed by atoms with Gasteiger partial charge in [-0.3, -0.25) is 10.1 Å². The van der Waals surface area contributed by atoms with Crippen molar-refractivity contribution >= 4 is 5.91 Å². The third-order valence-corrected chi connectivity index (χ3v) is 5.66. The highest BCUT2D eigenvalue weighted by Crippen LogP contribution is 2.44. The third kappa shape index (κ3) is 3.61. The van der Waals surface area contributed by atoms with Crippen LogP contribution in [0.15, 0.2) is 0 Å². The summed E-state index contributed by atoms with van der Waals surface area (Å²) in [6.45, 7) is 12.1. The third-order valence-electron chi connectivity index (χ3n) is 5.66. The fraction of sp³-hybridized carbons (Fsp3) is 0.944. The Morgan fingerprint density at radius 2 is 1.90 bits per heavy atom. The van der Waals surface area contributed by atoms with E-state index in [0.29, 0.717) is 17.2 Å². The average Bonchev–Trinajstić information content (AvgIpc) is 2.97. The maximum atomic E-state index is 12.8. The maximum absolute atomic E-state index is 12.8. The van der Waals surface area contributed by atoms with Crippen molar-refractivity contribution in [3.63, 3.8) is 0 Å². The summed E-state index contributed by atoms with van der Waals surface area (Å²) in [4.78, 5) is 14.9. The fourth-order valence-electron chi connectivity index (χ4n) is 4.43. The molecule has 2 fully saturated rings. The lowest BCUT2D eigenvalue weighted by molar-refractivity contribution is -0.132. The van der Waals surface area contributed by atoms with Crippen LogP contribution in [0.5, 0.6) is 0 Å². The van der Waals surface area contributed by atoms with Crippen LogP contribution in [-0.2, 0) is 4.79 Å². The minimum Gasteiger partial charge on any atom is -0.326 e. The Balaban J connectivity index is 2.08. The van der Waals surface area contributed by atoms with Crippen molar-refractivity contribution in [1.29, 1.82) is 0 Å². The number of hydrogen-bond acceptors (Lipinski definition) is 2. The highest BCUT2D eigenvalue weighted by Gasteiger charge is 2.44. The quantitative estimate of drug-likeness (QED) is 0.808. The molecule has 3 heteroatoms. The Kier molecular flexibility index (Phi) is 5.34. The van der Waals surface area contributed by atoms with Crippen LogP contribution in [0.4, 0.5) is 0 Å². The van der Waals surface area contributed by atoms with Gasteiger partial charge < -0.3 is 4.90 Å². The zero-order valence-electron chi connectivity index (χ0n) is 14.6. The molecule has 122 valence electrons. The summed E-state index contributed by atoms with van der Waals surface area (Å²) in [7, 11) is 0. The molecule has 0 aromatic carbocycles. The van der Waals surface area contributed by atoms with Crippen LogP contribution in [0.2, 0.25) is 0 Å². The lowest BCUT2D eigenvalue weighted by Gasteiger charge is -2.36. The van der Waals surface area contributed by atoms with Crippen molar-refractivity contribution < 1.29 is 4.79 Å². The van der Waals surface area contributed by atoms with Crippen LogP contribution < -0.4 is 5.32 Å². The van der Waals surface area contributed by atoms with Gasteiger partial charge in [0.25, 0.3) is 0 Å². The number of carbonyl (C=O) groups excluding carboxylic acids is 1. The van der Waals surface area contributed by atoms with Crippen molar-refractivity contribution in [2.24, 2.45) is 17.3 Å². The summed E-state index contributed by atoms with van der Waals surface area (Å²) in [5, 5.41) is 3.53. The Morgan fingerprint density at radius 3 is 2.43 bits per heavy atom. The number of rotatable bonds is 6. The van der Waals surface area contributed by atoms with Gasteiger partial charge in [-0.1, -0.05) is 47.0 Å². The zero-order valence-corrected chi connectivity index (χ0v) is 14.6. The van der Waals surface area contributed by atoms with Crippen molar-refractivity contribution in [2.75, 3.05) is 6.54 Å². The molecule has 1 aliphatic heterocycles. The molecule has 0 spiro atoms. The standard InChI is InChI=1S/C18H34N2O/c1-6-14(4)16-17(21)20(15(5)19-16)12-18(11-13(2)3)9-7-8-10-18/h13-16,19H,6-12H2,1-5H3. The molecule has 0 aromatic heterocycles. The largest absolute Gasteiger partial charge is 0.326 e. The molecule has 1 amide bonds. The first-order chi connectivity index (χ1) is 9.88. The highest BCUT2D eigenvalue weighted by atomic mass is 16.2. The molecule has 2 aliphatic rings. The minimum atomic E-state index is 0.0301. The van der Waals surface area contributed by atoms with Crippen molar-refractivity contribution in [3.05, 3.63) is 0 Å². The number of amides is 1. The van der Waals surface area contributed by atoms with Gasteiger partial charge in [0.2, 0.25) is 5.91 Å². The molecule has 0 bridgehead atoms. The van der Waals surface area contributed by atoms with E-state index >= 15 is 0 Å². The van der Waals surface area contributed by atoms with Gasteiger partial charge >= 0.3 is 0 Å². The molecule has 1 aliphatic carbocycles. The van der Waals surface area contributed by atoms with Crippen LogP contribution in [-0.4, -0.2) is 29.6 Å². The lowest BCUT2D eigenvalue weighted by Crippen LogP contribution is -2.43. The highest BCUT2D eigenvalue weighted by molar-refractivity contribution is 5.84. The van der Waals surface area contributed by atoms with Crippen LogP contribution in [0.3, 0.4) is 0 Å². The SMILES string of the molecule is CCC(C)C1NC(C)N(CC2(CC(C)C)CCCC2)C1=O. The molecule has 2 rings (SSSR count). The van der Waals surface area contributed by atoms with E-state index < -0.39 is 0 Å². The molecule has 3 nitrogen and oxygen atoms in total. The van der Waals surface area contributed by atoms with E-state index in [1.165, 1.54) is 32.1 Å². The van der Waals surface area contributed by atoms with Crippen LogP contribution >= 0.6 is 0 Å². The van der Waals surface area contributed by atoms with Gasteiger partial charge in [-0.05, 0) is 43.4 Å². The average molecular weight is 294 g/mol. The molecule has 0 aromatic rings. The molecular weight excluding hydrogens is 260 g/mol. The molecule has 3 atom stereocenters. The second-order valence-electron chi connectivity index (χ2n) is 7.98. The molecule has 1 heterocycles. The van der Waals surface area contributed by atoms with Crippen LogP contribution in [0, 0.1) is 17.3 Å². The summed E-state index contributed by atoms with van der Waals surface area (Å²) in [6.07, 6.45) is 7.79. The van der Waals surface area contributed by atoms with Gasteiger partial charge in [-0.2, -0.15) is 0 Å². The smallest absolute Gasteiger partial charge is 0.241 e. The maximum Gasteiger partial charge on any atom is 0.241 e. The monoisotopic (exact) mass is 294 g/mol. The van der Waals surface area contributed by atoms with E-state index in [1.807, 2.05) is 0 Å². The Hall–Kier alpha value is -0.570. The van der Waals surface area contributed by atoms with Gasteiger partial charge in [-0.15, -0.1) is 0 Å². The number of nitrogens with zero attached hydrogens (tertiary/aromatic N) is 1. The predicted molar refractivity (Wildman–Crippen MR) is 87.9 cm³/mol. The first kappa shape index (κ1) is 16.8. The van der Waals surface area contributed by atoms with Crippen LogP contribution in [0.25, 0.3) is 0 Å². The minimum absolute atomic E-state index is 0.0301.